The summed E-state index contributed by atoms with van der Waals surface area (Å²) in [4.78, 5) is 229. The van der Waals surface area contributed by atoms with E-state index in [1.807, 2.05) is 152 Å². The van der Waals surface area contributed by atoms with E-state index in [1.165, 1.54) is 13.8 Å². The van der Waals surface area contributed by atoms with E-state index in [0.717, 1.165) is 49.2 Å². The van der Waals surface area contributed by atoms with Gasteiger partial charge in [0.05, 0.1) is 25.1 Å². The molecule has 0 saturated carbocycles. The molecular formula is C99H142N20O16. The third kappa shape index (κ3) is 31.6. The molecule has 734 valence electrons. The summed E-state index contributed by atoms with van der Waals surface area (Å²) in [6.45, 7) is 29.9. The lowest BCUT2D eigenvalue weighted by Gasteiger charge is -2.30. The predicted molar refractivity (Wildman–Crippen MR) is 517 cm³/mol. The van der Waals surface area contributed by atoms with Gasteiger partial charge in [0, 0.05) is 101 Å². The van der Waals surface area contributed by atoms with Gasteiger partial charge < -0.3 is 111 Å². The minimum absolute atomic E-state index is 0.00711. The van der Waals surface area contributed by atoms with Crippen molar-refractivity contribution in [2.45, 2.75) is 255 Å². The van der Waals surface area contributed by atoms with E-state index >= 15 is 24.0 Å². The van der Waals surface area contributed by atoms with E-state index in [9.17, 15) is 53.1 Å². The Balaban J connectivity index is 0.992. The van der Waals surface area contributed by atoms with Crippen molar-refractivity contribution in [2.75, 3.05) is 26.2 Å². The molecule has 15 amide bonds. The van der Waals surface area contributed by atoms with E-state index in [0.29, 0.717) is 16.7 Å². The zero-order chi connectivity index (χ0) is 99.4. The van der Waals surface area contributed by atoms with Crippen LogP contribution in [0.4, 0.5) is 0 Å². The number of carbonyl (C=O) groups excluding carboxylic acids is 15. The average molecular weight is 1870 g/mol. The Morgan fingerprint density at radius 2 is 0.578 bits per heavy atom. The molecule has 0 aliphatic carbocycles. The second-order valence-electron chi connectivity index (χ2n) is 38.4. The fourth-order valence-corrected chi connectivity index (χ4v) is 16.1. The van der Waals surface area contributed by atoms with Crippen LogP contribution in [0.5, 0.6) is 0 Å². The topological polar surface area (TPSA) is 546 Å². The molecule has 22 N–H and O–H groups in total. The van der Waals surface area contributed by atoms with Gasteiger partial charge in [0.2, 0.25) is 88.6 Å². The van der Waals surface area contributed by atoms with E-state index in [2.05, 4.69) is 99.7 Å². The van der Waals surface area contributed by atoms with Crippen molar-refractivity contribution in [3.63, 3.8) is 0 Å². The number of rotatable bonds is 52. The maximum atomic E-state index is 15.6. The van der Waals surface area contributed by atoms with Gasteiger partial charge in [-0.15, -0.1) is 0 Å². The number of H-pyrrole nitrogens is 4. The Morgan fingerprint density at radius 1 is 0.289 bits per heavy atom. The molecule has 8 rings (SSSR count). The summed E-state index contributed by atoms with van der Waals surface area (Å²) in [6, 6.07) is 13.4. The summed E-state index contributed by atoms with van der Waals surface area (Å²) in [7, 11) is 0. The van der Waals surface area contributed by atoms with Crippen molar-refractivity contribution in [3.8, 4) is 0 Å². The second kappa shape index (κ2) is 50.9. The lowest BCUT2D eigenvalue weighted by Crippen LogP contribution is -2.61. The molecule has 0 radical (unpaired) electrons. The molecule has 0 fully saturated rings. The van der Waals surface area contributed by atoms with Crippen molar-refractivity contribution >= 4 is 132 Å². The highest BCUT2D eigenvalue weighted by atomic mass is 16.3. The predicted octanol–water partition coefficient (Wildman–Crippen LogP) is 4.83. The van der Waals surface area contributed by atoms with Crippen LogP contribution in [0.2, 0.25) is 0 Å². The third-order valence-electron chi connectivity index (χ3n) is 23.7. The van der Waals surface area contributed by atoms with Crippen molar-refractivity contribution in [1.82, 2.24) is 99.7 Å². The number of hydrogen-bond donors (Lipinski definition) is 21. The lowest BCUT2D eigenvalue weighted by atomic mass is 9.95. The molecule has 8 aromatic rings. The Bertz CT molecular complexity index is 5410. The van der Waals surface area contributed by atoms with Gasteiger partial charge in [0.15, 0.2) is 0 Å². The van der Waals surface area contributed by atoms with E-state index in [-0.39, 0.29) is 101 Å². The summed E-state index contributed by atoms with van der Waals surface area (Å²) in [5.41, 5.74) is 11.6. The van der Waals surface area contributed by atoms with Gasteiger partial charge in [0.1, 0.15) is 72.5 Å². The van der Waals surface area contributed by atoms with E-state index in [1.54, 1.807) is 80.2 Å². The summed E-state index contributed by atoms with van der Waals surface area (Å²) in [5.74, 6) is -14.6. The van der Waals surface area contributed by atoms with Gasteiger partial charge in [-0.3, -0.25) is 71.9 Å². The van der Waals surface area contributed by atoms with Crippen LogP contribution in [0.15, 0.2) is 122 Å². The summed E-state index contributed by atoms with van der Waals surface area (Å²) in [6.07, 6.45) is 7.05. The van der Waals surface area contributed by atoms with Crippen molar-refractivity contribution in [1.29, 1.82) is 0 Å². The monoisotopic (exact) mass is 1870 g/mol. The van der Waals surface area contributed by atoms with Gasteiger partial charge >= 0.3 is 0 Å². The first-order valence-electron chi connectivity index (χ1n) is 46.9. The summed E-state index contributed by atoms with van der Waals surface area (Å²) < 4.78 is 0. The molecule has 4 heterocycles. The van der Waals surface area contributed by atoms with Crippen LogP contribution in [0.3, 0.4) is 0 Å². The van der Waals surface area contributed by atoms with Gasteiger partial charge in [-0.25, -0.2) is 0 Å². The summed E-state index contributed by atoms with van der Waals surface area (Å²) in [5, 5.41) is 54.5. The number of nitrogens with one attached hydrogen (secondary N) is 19. The van der Waals surface area contributed by atoms with Crippen LogP contribution in [-0.2, 0) is 97.6 Å². The molecule has 0 bridgehead atoms. The molecule has 36 heteroatoms. The number of aliphatic hydroxyl groups excluding tert-OH is 1. The van der Waals surface area contributed by atoms with Gasteiger partial charge in [-0.1, -0.05) is 184 Å². The molecule has 135 heavy (non-hydrogen) atoms. The summed E-state index contributed by atoms with van der Waals surface area (Å²) >= 11 is 0. The lowest BCUT2D eigenvalue weighted by molar-refractivity contribution is -0.136. The number of aromatic amines is 4. The van der Waals surface area contributed by atoms with Crippen LogP contribution in [-0.4, -0.2) is 218 Å². The van der Waals surface area contributed by atoms with Crippen LogP contribution < -0.4 is 85.5 Å². The zero-order valence-corrected chi connectivity index (χ0v) is 80.9. The first-order chi connectivity index (χ1) is 63.9. The molecule has 4 aromatic heterocycles. The smallest absolute Gasteiger partial charge is 0.243 e. The Hall–Kier alpha value is -13.0. The molecule has 36 nitrogen and oxygen atoms in total. The SMILES string of the molecule is CC(C)C[C@@H](NC(=O)[C@@H](CNC(=O)[C@H](NC(=O)[C@@H](NC(=O)[C@H](NC(=O)[C@H](C)NC(=O)[C@@H](CC(C)C)NC(=O)[C@H](C)NC(=O)CNC(=O)[C@@H](N)C(C)C)C(C)C)C(C)C)C(C)C)Cc1c[nH]c2ccccc12)C(=O)N[C@@H](Cc1c[nH]c2ccccc12)C(=O)N[C@H](CC(C)C)C(=O)N[C@@H](Cc1c[nH]c2ccccc12)C(=O)N[C@H](CC(C)C)C(=O)N[C@@H](Cc1c[nH]c2ccccc12)C(=O)NCCO. The standard InChI is InChI=1S/C99H142N20O16/c1-51(2)37-74(110-86(122)59(17)108-81(121)50-107-96(132)82(100)55(9)10)90(126)109-60(18)87(123)117-84(57(13)14)98(134)119-85(58(15)16)99(135)118-83(56(11)12)97(133)106-49-65(41-61-45-102-70-31-23-19-27-66(61)70)88(124)111-75(38-52(3)4)91(127)115-79(43-63-47-104-72-33-25-21-29-68(63)72)94(130)113-77(40-54(7)8)93(129)116-80(44-64-48-105-73-34-26-22-30-69(64)73)95(131)112-76(39-53(5)6)92(128)114-78(89(125)101-35-36-120)42-62-46-103-71-32-24-20-28-67(62)71/h19-34,45-48,51-60,65,74-80,82-85,102-105,120H,35-44,49-50,100H2,1-18H3,(H,101,125)(H,106,133)(H,107,132)(H,108,121)(H,109,126)(H,110,122)(H,111,124)(H,112,131)(H,113,130)(H,114,128)(H,115,127)(H,116,129)(H,117,123)(H,118,135)(H,119,134)/t59-,60-,65+,74+,75+,76+,77+,78-,79-,80-,82-,83+,84+,85-/m0/s1. The van der Waals surface area contributed by atoms with Crippen molar-refractivity contribution < 1.29 is 77.0 Å². The fraction of sp³-hybridized carbons (Fsp3) is 0.525. The number of aromatic nitrogens is 4. The van der Waals surface area contributed by atoms with Gasteiger partial charge in [0.25, 0.3) is 0 Å². The molecule has 0 saturated heterocycles. The Morgan fingerprint density at radius 3 is 0.926 bits per heavy atom. The zero-order valence-electron chi connectivity index (χ0n) is 80.9. The minimum atomic E-state index is -1.44. The number of carbonyl (C=O) groups is 15. The van der Waals surface area contributed by atoms with Crippen LogP contribution in [0.1, 0.15) is 173 Å². The van der Waals surface area contributed by atoms with Crippen molar-refractivity contribution in [3.05, 3.63) is 144 Å². The molecule has 0 unspecified atom stereocenters. The molecule has 0 spiro atoms. The van der Waals surface area contributed by atoms with Gasteiger partial charge in [-0.05, 0) is 140 Å². The highest BCUT2D eigenvalue weighted by Crippen LogP contribution is 2.27. The number of nitrogens with two attached hydrogens (primary N) is 1. The molecule has 0 aliphatic heterocycles. The Labute approximate surface area is 788 Å². The van der Waals surface area contributed by atoms with Crippen molar-refractivity contribution in [2.24, 2.45) is 59.0 Å². The first-order valence-corrected chi connectivity index (χ1v) is 46.9. The average Bonchev–Trinajstić information content (AvgIpc) is 1.63. The normalized spacial score (nSPS) is 14.8. The number of para-hydroxylation sites is 4. The molecule has 14 atom stereocenters. The number of amides is 15. The first kappa shape index (κ1) is 107. The van der Waals surface area contributed by atoms with E-state index in [4.69, 9.17) is 5.73 Å². The Kier molecular flexibility index (Phi) is 40.5. The maximum Gasteiger partial charge on any atom is 0.243 e. The number of aliphatic hydroxyl groups is 1. The largest absolute Gasteiger partial charge is 0.395 e. The highest BCUT2D eigenvalue weighted by Gasteiger charge is 2.40. The molecule has 0 aliphatic rings. The minimum Gasteiger partial charge on any atom is -0.395 e. The maximum absolute atomic E-state index is 15.6. The second-order valence-corrected chi connectivity index (χ2v) is 38.4. The third-order valence-corrected chi connectivity index (χ3v) is 23.7. The van der Waals surface area contributed by atoms with Crippen LogP contribution >= 0.6 is 0 Å². The highest BCUT2D eigenvalue weighted by molar-refractivity contribution is 6.01. The van der Waals surface area contributed by atoms with Gasteiger partial charge in [-0.2, -0.15) is 0 Å². The number of fused-ring (bicyclic) bond motifs is 4. The quantitative estimate of drug-likeness (QED) is 0.0243. The van der Waals surface area contributed by atoms with Crippen LogP contribution in [0, 0.1) is 53.3 Å². The number of benzene rings is 4. The molecule has 4 aromatic carbocycles. The molecular weight excluding hydrogens is 1730 g/mol. The van der Waals surface area contributed by atoms with Crippen LogP contribution in [0.25, 0.3) is 43.6 Å². The van der Waals surface area contributed by atoms with E-state index < -0.39 is 197 Å². The fourth-order valence-electron chi connectivity index (χ4n) is 16.1. The number of hydrogen-bond acceptors (Lipinski definition) is 17.